The van der Waals surface area contributed by atoms with Crippen molar-refractivity contribution in [1.29, 1.82) is 0 Å². The molecule has 8 aromatic rings. The molecule has 292 valence electrons. The normalized spacial score (nSPS) is 13.4. The van der Waals surface area contributed by atoms with Crippen molar-refractivity contribution in [1.82, 2.24) is 0 Å². The maximum atomic E-state index is 2.60. The van der Waals surface area contributed by atoms with Crippen molar-refractivity contribution in [2.24, 2.45) is 0 Å². The molecule has 2 heterocycles. The van der Waals surface area contributed by atoms with E-state index < -0.39 is 0 Å². The van der Waals surface area contributed by atoms with E-state index in [-0.39, 0.29) is 23.0 Å². The van der Waals surface area contributed by atoms with Gasteiger partial charge in [-0.25, -0.2) is 0 Å². The Labute approximate surface area is 356 Å². The molecule has 0 saturated heterocycles. The number of benzene rings is 8. The summed E-state index contributed by atoms with van der Waals surface area (Å²) in [6.45, 7) is 14.2. The Bertz CT molecular complexity index is 2840. The molecule has 0 radical (unpaired) electrons. The molecule has 0 saturated carbocycles. The van der Waals surface area contributed by atoms with Crippen LogP contribution in [0.3, 0.4) is 0 Å². The Morgan fingerprint density at radius 2 is 0.700 bits per heavy atom. The molecule has 0 N–H and O–H groups in total. The van der Waals surface area contributed by atoms with Gasteiger partial charge in [0.05, 0.1) is 0 Å². The van der Waals surface area contributed by atoms with Gasteiger partial charge in [0.15, 0.2) is 0 Å². The Morgan fingerprint density at radius 1 is 0.300 bits per heavy atom. The molecule has 0 bridgehead atoms. The molecular formula is C57H51BN2. The van der Waals surface area contributed by atoms with Crippen LogP contribution < -0.4 is 26.2 Å². The molecule has 0 aromatic heterocycles. The lowest BCUT2D eigenvalue weighted by molar-refractivity contribution is 0.640. The van der Waals surface area contributed by atoms with E-state index in [1.54, 1.807) is 0 Å². The zero-order valence-corrected chi connectivity index (χ0v) is 35.5. The van der Waals surface area contributed by atoms with Crippen LogP contribution in [0.5, 0.6) is 0 Å². The van der Waals surface area contributed by atoms with Crippen molar-refractivity contribution in [3.8, 4) is 0 Å². The zero-order chi connectivity index (χ0) is 41.2. The molecule has 60 heavy (non-hydrogen) atoms. The molecule has 0 spiro atoms. The van der Waals surface area contributed by atoms with Gasteiger partial charge in [-0.1, -0.05) is 193 Å². The second kappa shape index (κ2) is 14.3. The van der Waals surface area contributed by atoms with Crippen LogP contribution in [-0.2, 0) is 16.2 Å². The molecule has 0 aliphatic carbocycles. The minimum atomic E-state index is -0.290. The quantitative estimate of drug-likeness (QED) is 0.142. The molecule has 3 heteroatoms. The molecule has 0 amide bonds. The van der Waals surface area contributed by atoms with E-state index in [4.69, 9.17) is 0 Å². The third-order valence-corrected chi connectivity index (χ3v) is 13.7. The van der Waals surface area contributed by atoms with Gasteiger partial charge < -0.3 is 9.80 Å². The minimum Gasteiger partial charge on any atom is -0.311 e. The third-order valence-electron chi connectivity index (χ3n) is 13.7. The molecule has 8 aromatic carbocycles. The van der Waals surface area contributed by atoms with Crippen molar-refractivity contribution in [3.05, 3.63) is 234 Å². The predicted molar refractivity (Wildman–Crippen MR) is 256 cm³/mol. The molecule has 0 fully saturated rings. The van der Waals surface area contributed by atoms with E-state index in [1.165, 1.54) is 72.5 Å². The summed E-state index contributed by atoms with van der Waals surface area (Å²) in [7, 11) is 0. The highest BCUT2D eigenvalue weighted by Crippen LogP contribution is 2.48. The van der Waals surface area contributed by atoms with Crippen LogP contribution in [0.25, 0.3) is 0 Å². The second-order valence-corrected chi connectivity index (χ2v) is 18.2. The van der Waals surface area contributed by atoms with E-state index in [0.717, 1.165) is 11.4 Å². The molecule has 0 unspecified atom stereocenters. The van der Waals surface area contributed by atoms with E-state index in [9.17, 15) is 0 Å². The van der Waals surface area contributed by atoms with Gasteiger partial charge in [-0.2, -0.15) is 0 Å². The molecule has 10 rings (SSSR count). The SMILES string of the molecule is CC(C)(c1ccccc1)c1cccc(N2c3cc(C(C)(C)c4ccccc4)ccc3B3c4ccccc4N(c4ccccc4)c4cc(C(C)(C)c5ccccc5)cc2c43)c1. The Balaban J connectivity index is 1.30. The van der Waals surface area contributed by atoms with Crippen LogP contribution in [0.4, 0.5) is 34.1 Å². The predicted octanol–water partition coefficient (Wildman–Crippen LogP) is 12.7. The first kappa shape index (κ1) is 37.7. The van der Waals surface area contributed by atoms with Crippen molar-refractivity contribution < 1.29 is 0 Å². The zero-order valence-electron chi connectivity index (χ0n) is 35.5. The van der Waals surface area contributed by atoms with Gasteiger partial charge in [-0.15, -0.1) is 0 Å². The highest BCUT2D eigenvalue weighted by Gasteiger charge is 2.45. The second-order valence-electron chi connectivity index (χ2n) is 18.2. The number of hydrogen-bond acceptors (Lipinski definition) is 2. The number of hydrogen-bond donors (Lipinski definition) is 0. The van der Waals surface area contributed by atoms with Crippen LogP contribution in [0.1, 0.15) is 74.9 Å². The largest absolute Gasteiger partial charge is 0.311 e. The van der Waals surface area contributed by atoms with Crippen molar-refractivity contribution in [2.45, 2.75) is 57.8 Å². The molecule has 2 aliphatic rings. The molecular weight excluding hydrogens is 723 g/mol. The monoisotopic (exact) mass is 774 g/mol. The molecule has 2 nitrogen and oxygen atoms in total. The van der Waals surface area contributed by atoms with Crippen LogP contribution in [0, 0.1) is 0 Å². The summed E-state index contributed by atoms with van der Waals surface area (Å²) in [4.78, 5) is 5.11. The third kappa shape index (κ3) is 6.02. The van der Waals surface area contributed by atoms with Gasteiger partial charge in [0, 0.05) is 50.4 Å². The number of nitrogens with zero attached hydrogens (tertiary/aromatic N) is 2. The fraction of sp³-hybridized carbons (Fsp3) is 0.158. The average Bonchev–Trinajstić information content (AvgIpc) is 3.29. The van der Waals surface area contributed by atoms with E-state index in [2.05, 4.69) is 252 Å². The number of rotatable bonds is 8. The van der Waals surface area contributed by atoms with Crippen LogP contribution in [0.2, 0.25) is 0 Å². The van der Waals surface area contributed by atoms with Gasteiger partial charge in [-0.3, -0.25) is 0 Å². The fourth-order valence-electron chi connectivity index (χ4n) is 9.92. The van der Waals surface area contributed by atoms with Gasteiger partial charge in [-0.05, 0) is 98.3 Å². The maximum Gasteiger partial charge on any atom is 0.252 e. The minimum absolute atomic E-state index is 0.0316. The topological polar surface area (TPSA) is 6.48 Å². The highest BCUT2D eigenvalue weighted by molar-refractivity contribution is 7.00. The maximum absolute atomic E-state index is 2.60. The van der Waals surface area contributed by atoms with Crippen molar-refractivity contribution in [2.75, 3.05) is 9.80 Å². The Morgan fingerprint density at radius 3 is 1.27 bits per heavy atom. The van der Waals surface area contributed by atoms with Crippen molar-refractivity contribution >= 4 is 57.2 Å². The summed E-state index contributed by atoms with van der Waals surface area (Å²) in [5, 5.41) is 0. The van der Waals surface area contributed by atoms with Crippen LogP contribution in [0.15, 0.2) is 200 Å². The first-order chi connectivity index (χ1) is 29.0. The van der Waals surface area contributed by atoms with Gasteiger partial charge in [0.1, 0.15) is 0 Å². The summed E-state index contributed by atoms with van der Waals surface area (Å²) in [5.41, 5.74) is 18.2. The first-order valence-corrected chi connectivity index (χ1v) is 21.4. The van der Waals surface area contributed by atoms with Gasteiger partial charge in [0.25, 0.3) is 6.71 Å². The Hall–Kier alpha value is -6.58. The summed E-state index contributed by atoms with van der Waals surface area (Å²) in [6, 6.07) is 74.6. The summed E-state index contributed by atoms with van der Waals surface area (Å²) in [6.07, 6.45) is 0. The lowest BCUT2D eigenvalue weighted by Crippen LogP contribution is -2.61. The smallest absolute Gasteiger partial charge is 0.252 e. The van der Waals surface area contributed by atoms with Crippen LogP contribution in [-0.4, -0.2) is 6.71 Å². The molecule has 2 aliphatic heterocycles. The summed E-state index contributed by atoms with van der Waals surface area (Å²) < 4.78 is 0. The summed E-state index contributed by atoms with van der Waals surface area (Å²) >= 11 is 0. The van der Waals surface area contributed by atoms with E-state index in [1.807, 2.05) is 0 Å². The van der Waals surface area contributed by atoms with E-state index in [0.29, 0.717) is 0 Å². The van der Waals surface area contributed by atoms with Crippen LogP contribution >= 0.6 is 0 Å². The van der Waals surface area contributed by atoms with Gasteiger partial charge >= 0.3 is 0 Å². The average molecular weight is 775 g/mol. The van der Waals surface area contributed by atoms with Gasteiger partial charge in [0.2, 0.25) is 0 Å². The lowest BCUT2D eigenvalue weighted by Gasteiger charge is -2.45. The fourth-order valence-corrected chi connectivity index (χ4v) is 9.92. The number of fused-ring (bicyclic) bond motifs is 4. The Kier molecular flexibility index (Phi) is 8.99. The summed E-state index contributed by atoms with van der Waals surface area (Å²) in [5.74, 6) is 0. The highest BCUT2D eigenvalue weighted by atomic mass is 15.2. The lowest BCUT2D eigenvalue weighted by atomic mass is 9.33. The number of anilines is 6. The first-order valence-electron chi connectivity index (χ1n) is 21.4. The standard InChI is InChI=1S/C57H51BN2/c1-55(2,40-22-11-7-12-23-40)43-28-21-31-47(36-43)60-51-37-44(56(3,4)41-24-13-8-14-25-41)34-35-49(51)58-48-32-19-20-33-50(48)59(46-29-17-10-18-30-46)52-38-45(39-53(60)54(52)58)57(5,6)42-26-15-9-16-27-42/h7-39H,1-6H3. The molecule has 0 atom stereocenters. The van der Waals surface area contributed by atoms with E-state index >= 15 is 0 Å². The number of para-hydroxylation sites is 2. The van der Waals surface area contributed by atoms with Crippen molar-refractivity contribution in [3.63, 3.8) is 0 Å².